The van der Waals surface area contributed by atoms with E-state index < -0.39 is 55.5 Å². The Hall–Kier alpha value is -2.67. The molecule has 2 aliphatic rings. The standard InChI is InChI=1S/C18H18FN2O10P/c1-9-3-2-4-10-7-28-32(27,31-13(9)10)29-8-18(19)14(24)12(23)16(30-18)21-5-11(6-22)15(25)20-17(21)26/h2-6,12,14,16,23-24H,7-8H2,1H3,(H,20,25,26)/t12-,14+,16-,18-,32?/m1/s1/i16D. The molecule has 0 spiro atoms. The maximum absolute atomic E-state index is 15.5. The quantitative estimate of drug-likeness (QED) is 0.406. The van der Waals surface area contributed by atoms with Crippen molar-refractivity contribution in [3.63, 3.8) is 0 Å². The van der Waals surface area contributed by atoms with E-state index >= 15 is 4.39 Å². The molecular weight excluding hydrogens is 454 g/mol. The lowest BCUT2D eigenvalue weighted by Crippen LogP contribution is -2.43. The molecule has 12 nitrogen and oxygen atoms in total. The Kier molecular flexibility index (Phi) is 5.32. The number of aromatic amines is 1. The first-order valence-electron chi connectivity index (χ1n) is 9.66. The van der Waals surface area contributed by atoms with Crippen molar-refractivity contribution in [3.8, 4) is 5.75 Å². The van der Waals surface area contributed by atoms with E-state index in [-0.39, 0.29) is 23.2 Å². The number of H-pyrrole nitrogens is 1. The molecule has 2 aliphatic heterocycles. The number of aldehydes is 1. The second-order valence-electron chi connectivity index (χ2n) is 7.10. The van der Waals surface area contributed by atoms with Crippen molar-refractivity contribution in [1.29, 1.82) is 0 Å². The number of rotatable bonds is 5. The molecule has 5 atom stereocenters. The van der Waals surface area contributed by atoms with Crippen molar-refractivity contribution in [2.45, 2.75) is 37.8 Å². The van der Waals surface area contributed by atoms with E-state index in [1.165, 1.54) is 0 Å². The van der Waals surface area contributed by atoms with Gasteiger partial charge in [-0.1, -0.05) is 18.2 Å². The number of nitrogens with one attached hydrogen (secondary N) is 1. The Balaban J connectivity index is 1.59. The highest BCUT2D eigenvalue weighted by atomic mass is 31.2. The zero-order chi connectivity index (χ0) is 24.2. The number of hydrogen-bond donors (Lipinski definition) is 3. The van der Waals surface area contributed by atoms with Gasteiger partial charge >= 0.3 is 13.5 Å². The van der Waals surface area contributed by atoms with Gasteiger partial charge < -0.3 is 19.5 Å². The molecule has 14 heteroatoms. The maximum atomic E-state index is 15.5. The molecule has 3 heterocycles. The van der Waals surface area contributed by atoms with Crippen molar-refractivity contribution in [2.24, 2.45) is 0 Å². The van der Waals surface area contributed by atoms with E-state index in [0.717, 1.165) is 0 Å². The van der Waals surface area contributed by atoms with Gasteiger partial charge in [0.05, 0.1) is 13.5 Å². The van der Waals surface area contributed by atoms with Gasteiger partial charge in [-0.25, -0.2) is 13.8 Å². The lowest BCUT2D eigenvalue weighted by molar-refractivity contribution is -0.205. The molecule has 1 unspecified atom stereocenters. The number of aryl methyl sites for hydroxylation is 1. The number of phosphoric acid groups is 1. The first-order chi connectivity index (χ1) is 15.4. The molecule has 0 saturated carbocycles. The normalized spacial score (nSPS) is 34.4. The molecule has 1 aromatic carbocycles. The van der Waals surface area contributed by atoms with Gasteiger partial charge in [-0.3, -0.25) is 28.2 Å². The number of alkyl halides is 1. The molecule has 0 aliphatic carbocycles. The van der Waals surface area contributed by atoms with Crippen LogP contribution in [-0.4, -0.2) is 50.7 Å². The fourth-order valence-electron chi connectivity index (χ4n) is 3.18. The number of carbonyl (C=O) groups is 1. The Morgan fingerprint density at radius 2 is 2.22 bits per heavy atom. The largest absolute Gasteiger partial charge is 0.530 e. The maximum Gasteiger partial charge on any atom is 0.530 e. The summed E-state index contributed by atoms with van der Waals surface area (Å²) in [6, 6.07) is 5.06. The number of aromatic nitrogens is 2. The first kappa shape index (κ1) is 21.2. The number of carbonyl (C=O) groups excluding carboxylic acids is 1. The number of para-hydroxylation sites is 1. The highest BCUT2D eigenvalue weighted by Crippen LogP contribution is 2.56. The molecule has 1 saturated heterocycles. The summed E-state index contributed by atoms with van der Waals surface area (Å²) in [5.74, 6) is -3.15. The number of halogens is 1. The van der Waals surface area contributed by atoms with Crippen LogP contribution in [0.25, 0.3) is 0 Å². The van der Waals surface area contributed by atoms with Crippen molar-refractivity contribution in [2.75, 3.05) is 6.61 Å². The van der Waals surface area contributed by atoms with Crippen LogP contribution in [0.4, 0.5) is 4.39 Å². The highest BCUT2D eigenvalue weighted by molar-refractivity contribution is 7.49. The van der Waals surface area contributed by atoms with Crippen LogP contribution in [0, 0.1) is 6.92 Å². The van der Waals surface area contributed by atoms with Crippen molar-refractivity contribution in [1.82, 2.24) is 9.55 Å². The predicted octanol–water partition coefficient (Wildman–Crippen LogP) is 0.308. The van der Waals surface area contributed by atoms with E-state index in [9.17, 15) is 29.2 Å². The van der Waals surface area contributed by atoms with E-state index in [1.54, 1.807) is 30.1 Å². The smallest absolute Gasteiger partial charge is 0.403 e. The van der Waals surface area contributed by atoms with E-state index in [4.69, 9.17) is 19.7 Å². The summed E-state index contributed by atoms with van der Waals surface area (Å²) in [6.45, 7) is 0.168. The molecule has 1 fully saturated rings. The number of phosphoric ester groups is 1. The molecule has 32 heavy (non-hydrogen) atoms. The van der Waals surface area contributed by atoms with Crippen LogP contribution in [0.3, 0.4) is 0 Å². The lowest BCUT2D eigenvalue weighted by atomic mass is 10.1. The van der Waals surface area contributed by atoms with E-state index in [2.05, 4.69) is 0 Å². The summed E-state index contributed by atoms with van der Waals surface area (Å²) >= 11 is 0. The van der Waals surface area contributed by atoms with Gasteiger partial charge in [0.2, 0.25) is 0 Å². The predicted molar refractivity (Wildman–Crippen MR) is 103 cm³/mol. The van der Waals surface area contributed by atoms with Gasteiger partial charge in [0.25, 0.3) is 11.4 Å². The SMILES string of the molecule is [2H][C@@]1(n2cc(C=O)c(=O)[nH]c2=O)O[C@](F)(COP2(=O)OCc3cccc(C)c3O2)[C@@H](O)[C@H]1O. The summed E-state index contributed by atoms with van der Waals surface area (Å²) in [5.41, 5.74) is -1.85. The van der Waals surface area contributed by atoms with Crippen LogP contribution in [0.5, 0.6) is 5.75 Å². The fraction of sp³-hybridized carbons (Fsp3) is 0.389. The van der Waals surface area contributed by atoms with E-state index in [1.807, 2.05) is 0 Å². The minimum atomic E-state index is -4.39. The topological polar surface area (TPSA) is 166 Å². The first-order valence-corrected chi connectivity index (χ1v) is 10.6. The summed E-state index contributed by atoms with van der Waals surface area (Å²) in [5, 5.41) is 20.5. The van der Waals surface area contributed by atoms with Crippen molar-refractivity contribution in [3.05, 3.63) is 61.9 Å². The van der Waals surface area contributed by atoms with Gasteiger partial charge in [0.1, 0.15) is 24.6 Å². The van der Waals surface area contributed by atoms with Crippen LogP contribution < -0.4 is 15.8 Å². The zero-order valence-electron chi connectivity index (χ0n) is 17.4. The van der Waals surface area contributed by atoms with Crippen molar-refractivity contribution >= 4 is 14.1 Å². The highest BCUT2D eigenvalue weighted by Gasteiger charge is 2.57. The molecule has 0 radical (unpaired) electrons. The molecule has 0 amide bonds. The van der Waals surface area contributed by atoms with Crippen LogP contribution in [0.1, 0.15) is 29.1 Å². The Labute approximate surface area is 180 Å². The fourth-order valence-corrected chi connectivity index (χ4v) is 4.48. The molecule has 3 N–H and O–H groups in total. The third-order valence-corrected chi connectivity index (χ3v) is 6.19. The zero-order valence-corrected chi connectivity index (χ0v) is 17.3. The molecular formula is C18H18FN2O10P. The lowest BCUT2D eigenvalue weighted by Gasteiger charge is -2.29. The van der Waals surface area contributed by atoms with Gasteiger partial charge in [-0.15, -0.1) is 0 Å². The second-order valence-corrected chi connectivity index (χ2v) is 8.69. The van der Waals surface area contributed by atoms with Crippen LogP contribution in [-0.2, 0) is 25.0 Å². The molecule has 2 aromatic rings. The minimum absolute atomic E-state index is 0.0605. The number of benzene rings is 1. The Morgan fingerprint density at radius 1 is 1.47 bits per heavy atom. The summed E-state index contributed by atoms with van der Waals surface area (Å²) in [7, 11) is -4.39. The summed E-state index contributed by atoms with van der Waals surface area (Å²) in [4.78, 5) is 36.4. The molecule has 0 bridgehead atoms. The monoisotopic (exact) mass is 473 g/mol. The third kappa shape index (κ3) is 3.83. The van der Waals surface area contributed by atoms with Crippen LogP contribution in [0.2, 0.25) is 0 Å². The Morgan fingerprint density at radius 3 is 2.94 bits per heavy atom. The number of ether oxygens (including phenoxy) is 1. The average molecular weight is 473 g/mol. The third-order valence-electron chi connectivity index (χ3n) is 4.90. The van der Waals surface area contributed by atoms with E-state index in [0.29, 0.717) is 17.3 Å². The van der Waals surface area contributed by atoms with Gasteiger partial charge in [-0.2, -0.15) is 0 Å². The van der Waals surface area contributed by atoms with Crippen LogP contribution in [0.15, 0.2) is 34.0 Å². The Bertz CT molecular complexity index is 1280. The molecule has 4 rings (SSSR count). The summed E-state index contributed by atoms with van der Waals surface area (Å²) in [6.07, 6.45) is -7.27. The number of hydrogen-bond acceptors (Lipinski definition) is 10. The van der Waals surface area contributed by atoms with Crippen LogP contribution >= 0.6 is 7.82 Å². The van der Waals surface area contributed by atoms with Gasteiger partial charge in [0.15, 0.2) is 12.5 Å². The van der Waals surface area contributed by atoms with Crippen molar-refractivity contribution < 1.29 is 43.6 Å². The molecule has 1 aromatic heterocycles. The minimum Gasteiger partial charge on any atom is -0.403 e. The number of fused-ring (bicyclic) bond motifs is 1. The second kappa shape index (κ2) is 8.03. The van der Waals surface area contributed by atoms with Gasteiger partial charge in [-0.05, 0) is 12.5 Å². The number of nitrogens with zero attached hydrogens (tertiary/aromatic N) is 1. The average Bonchev–Trinajstić information content (AvgIpc) is 2.94. The summed E-state index contributed by atoms with van der Waals surface area (Å²) < 4.78 is 57.0. The van der Waals surface area contributed by atoms with Gasteiger partial charge in [0, 0.05) is 11.8 Å². The number of aliphatic hydroxyl groups is 2. The molecule has 172 valence electrons. The number of aliphatic hydroxyl groups excluding tert-OH is 2.